The maximum atomic E-state index is 8.97. The highest BCUT2D eigenvalue weighted by Gasteiger charge is 2.19. The quantitative estimate of drug-likeness (QED) is 0.288. The van der Waals surface area contributed by atoms with E-state index in [2.05, 4.69) is 15.9 Å². The standard InChI is InChI=1S/C28H26BrN/c1-28(2,3)22-16-18-24(19-17-22)30(25-13-9-12-23(29)20-25)27-15-8-7-14-26(27)21-10-5-4-6-11-21/h4-20H,1-3H3/i4D,5D,6D,7D,8D,9D,10D,11D,12D,13D,14D,15D,20D. The molecule has 0 heterocycles. The third kappa shape index (κ3) is 4.34. The van der Waals surface area contributed by atoms with Crippen LogP contribution in [0.15, 0.2) is 107 Å². The Morgan fingerprint density at radius 1 is 0.733 bits per heavy atom. The molecular formula is C28H26BrN. The van der Waals surface area contributed by atoms with Gasteiger partial charge in [0, 0.05) is 21.4 Å². The van der Waals surface area contributed by atoms with Crippen molar-refractivity contribution in [2.24, 2.45) is 0 Å². The molecule has 0 aliphatic rings. The molecule has 4 aromatic carbocycles. The number of rotatable bonds is 4. The molecule has 0 amide bonds. The van der Waals surface area contributed by atoms with E-state index in [1.54, 1.807) is 24.3 Å². The van der Waals surface area contributed by atoms with E-state index in [0.29, 0.717) is 0 Å². The molecule has 2 heteroatoms. The summed E-state index contributed by atoms with van der Waals surface area (Å²) in [6, 6.07) is -1.57. The van der Waals surface area contributed by atoms with Crippen molar-refractivity contribution in [1.29, 1.82) is 0 Å². The molecule has 0 saturated heterocycles. The van der Waals surface area contributed by atoms with Crippen molar-refractivity contribution in [3.8, 4) is 11.1 Å². The van der Waals surface area contributed by atoms with Gasteiger partial charge in [-0.3, -0.25) is 0 Å². The fraction of sp³-hybridized carbons (Fsp3) is 0.143. The van der Waals surface area contributed by atoms with Crippen LogP contribution in [-0.2, 0) is 5.41 Å². The van der Waals surface area contributed by atoms with Gasteiger partial charge in [0.15, 0.2) is 0 Å². The lowest BCUT2D eigenvalue weighted by Crippen LogP contribution is -2.13. The predicted octanol–water partition coefficient (Wildman–Crippen LogP) is 8.88. The average Bonchev–Trinajstić information content (AvgIpc) is 2.97. The van der Waals surface area contributed by atoms with Gasteiger partial charge in [-0.25, -0.2) is 0 Å². The van der Waals surface area contributed by atoms with Gasteiger partial charge in [0.25, 0.3) is 0 Å². The second-order valence-electron chi connectivity index (χ2n) is 7.52. The molecule has 0 bridgehead atoms. The molecule has 0 aliphatic carbocycles. The van der Waals surface area contributed by atoms with E-state index >= 15 is 0 Å². The lowest BCUT2D eigenvalue weighted by atomic mass is 9.87. The Kier molecular flexibility index (Phi) is 2.82. The zero-order valence-corrected chi connectivity index (χ0v) is 18.2. The summed E-state index contributed by atoms with van der Waals surface area (Å²) in [5, 5.41) is 0. The first-order chi connectivity index (χ1) is 19.8. The van der Waals surface area contributed by atoms with Crippen LogP contribution in [0.3, 0.4) is 0 Å². The Hall–Kier alpha value is -2.84. The molecule has 0 radical (unpaired) electrons. The van der Waals surface area contributed by atoms with Crippen LogP contribution in [0.25, 0.3) is 11.1 Å². The normalized spacial score (nSPS) is 17.4. The second kappa shape index (κ2) is 8.49. The van der Waals surface area contributed by atoms with Crippen LogP contribution in [0, 0.1) is 0 Å². The Bertz CT molecular complexity index is 1740. The van der Waals surface area contributed by atoms with Crippen molar-refractivity contribution >= 4 is 33.0 Å². The molecule has 0 N–H and O–H groups in total. The van der Waals surface area contributed by atoms with Crippen molar-refractivity contribution in [2.75, 3.05) is 4.90 Å². The van der Waals surface area contributed by atoms with Gasteiger partial charge in [-0.05, 0) is 52.8 Å². The van der Waals surface area contributed by atoms with E-state index in [-0.39, 0.29) is 26.9 Å². The Labute approximate surface area is 206 Å². The molecule has 0 aromatic heterocycles. The van der Waals surface area contributed by atoms with E-state index in [4.69, 9.17) is 17.8 Å². The van der Waals surface area contributed by atoms with Gasteiger partial charge < -0.3 is 4.90 Å². The van der Waals surface area contributed by atoms with E-state index in [1.807, 2.05) is 20.8 Å². The minimum absolute atomic E-state index is 0.134. The van der Waals surface area contributed by atoms with Gasteiger partial charge in [-0.2, -0.15) is 0 Å². The minimum Gasteiger partial charge on any atom is -0.310 e. The molecule has 30 heavy (non-hydrogen) atoms. The fourth-order valence-corrected chi connectivity index (χ4v) is 3.22. The van der Waals surface area contributed by atoms with Crippen molar-refractivity contribution in [1.82, 2.24) is 0 Å². The molecule has 4 aromatic rings. The first-order valence-corrected chi connectivity index (χ1v) is 9.97. The molecule has 0 aliphatic heterocycles. The third-order valence-electron chi connectivity index (χ3n) is 4.44. The number of hydrogen-bond acceptors (Lipinski definition) is 1. The molecule has 0 fully saturated rings. The number of nitrogens with zero attached hydrogens (tertiary/aromatic N) is 1. The summed E-state index contributed by atoms with van der Waals surface area (Å²) in [6.45, 7) is 5.97. The summed E-state index contributed by atoms with van der Waals surface area (Å²) < 4.78 is 110. The molecule has 1 nitrogen and oxygen atoms in total. The summed E-state index contributed by atoms with van der Waals surface area (Å²) in [5.41, 5.74) is -0.808. The SMILES string of the molecule is [2H]c1c([2H])c([2H])c(-c2c([2H])c([2H])c([2H])c([2H])c2N(c2ccc(C(C)(C)C)cc2)c2c([2H])c([2H])c([2H])c(Br)c2[2H])c([2H])c1[2H]. The van der Waals surface area contributed by atoms with Crippen LogP contribution in [0.5, 0.6) is 0 Å². The zero-order valence-electron chi connectivity index (χ0n) is 29.6. The minimum atomic E-state index is -0.723. The molecular weight excluding hydrogens is 430 g/mol. The smallest absolute Gasteiger partial charge is 0.0657 e. The summed E-state index contributed by atoms with van der Waals surface area (Å²) in [4.78, 5) is 1.16. The van der Waals surface area contributed by atoms with Gasteiger partial charge >= 0.3 is 0 Å². The molecule has 4 rings (SSSR count). The number of halogens is 1. The van der Waals surface area contributed by atoms with Gasteiger partial charge in [0.1, 0.15) is 0 Å². The zero-order chi connectivity index (χ0) is 32.5. The Morgan fingerprint density at radius 2 is 1.40 bits per heavy atom. The predicted molar refractivity (Wildman–Crippen MR) is 133 cm³/mol. The van der Waals surface area contributed by atoms with Gasteiger partial charge in [0.05, 0.1) is 23.5 Å². The average molecular weight is 470 g/mol. The highest BCUT2D eigenvalue weighted by atomic mass is 79.9. The van der Waals surface area contributed by atoms with Crippen LogP contribution < -0.4 is 4.90 Å². The maximum absolute atomic E-state index is 8.97. The van der Waals surface area contributed by atoms with Crippen LogP contribution in [0.2, 0.25) is 0 Å². The topological polar surface area (TPSA) is 3.24 Å². The second-order valence-corrected chi connectivity index (χ2v) is 8.31. The number of para-hydroxylation sites is 1. The largest absolute Gasteiger partial charge is 0.310 e. The number of hydrogen-bond donors (Lipinski definition) is 0. The van der Waals surface area contributed by atoms with Gasteiger partial charge in [0.2, 0.25) is 0 Å². The fourth-order valence-electron chi connectivity index (χ4n) is 2.93. The molecule has 0 atom stereocenters. The van der Waals surface area contributed by atoms with Crippen LogP contribution in [0.4, 0.5) is 17.1 Å². The van der Waals surface area contributed by atoms with E-state index in [0.717, 1.165) is 10.5 Å². The highest BCUT2D eigenvalue weighted by molar-refractivity contribution is 9.10. The van der Waals surface area contributed by atoms with E-state index in [9.17, 15) is 0 Å². The summed E-state index contributed by atoms with van der Waals surface area (Å²) in [7, 11) is 0. The van der Waals surface area contributed by atoms with Crippen molar-refractivity contribution < 1.29 is 17.8 Å². The van der Waals surface area contributed by atoms with Crippen molar-refractivity contribution in [3.63, 3.8) is 0 Å². The third-order valence-corrected chi connectivity index (χ3v) is 4.83. The summed E-state index contributed by atoms with van der Waals surface area (Å²) in [6.07, 6.45) is 0. The molecule has 0 unspecified atom stereocenters. The van der Waals surface area contributed by atoms with E-state index in [1.165, 1.54) is 0 Å². The Balaban J connectivity index is 2.30. The molecule has 150 valence electrons. The summed E-state index contributed by atoms with van der Waals surface area (Å²) >= 11 is 3.15. The maximum Gasteiger partial charge on any atom is 0.0657 e. The van der Waals surface area contributed by atoms with Gasteiger partial charge in [-0.1, -0.05) is 103 Å². The van der Waals surface area contributed by atoms with Crippen molar-refractivity contribution in [3.05, 3.63) is 113 Å². The number of anilines is 3. The lowest BCUT2D eigenvalue weighted by Gasteiger charge is -2.29. The summed E-state index contributed by atoms with van der Waals surface area (Å²) in [5.74, 6) is 0. The van der Waals surface area contributed by atoms with Crippen molar-refractivity contribution in [2.45, 2.75) is 26.2 Å². The van der Waals surface area contributed by atoms with Crippen LogP contribution >= 0.6 is 15.9 Å². The monoisotopic (exact) mass is 468 g/mol. The van der Waals surface area contributed by atoms with Crippen LogP contribution in [-0.4, -0.2) is 0 Å². The molecule has 0 saturated carbocycles. The lowest BCUT2D eigenvalue weighted by molar-refractivity contribution is 0.590. The van der Waals surface area contributed by atoms with E-state index < -0.39 is 89.7 Å². The number of benzene rings is 4. The first kappa shape index (κ1) is 9.98. The molecule has 0 spiro atoms. The van der Waals surface area contributed by atoms with Gasteiger partial charge in [-0.15, -0.1) is 0 Å². The highest BCUT2D eigenvalue weighted by Crippen LogP contribution is 2.41. The Morgan fingerprint density at radius 3 is 2.10 bits per heavy atom. The first-order valence-electron chi connectivity index (χ1n) is 15.7. The van der Waals surface area contributed by atoms with Crippen LogP contribution in [0.1, 0.15) is 44.2 Å².